The Bertz CT molecular complexity index is 315. The zero-order valence-electron chi connectivity index (χ0n) is 13.7. The van der Waals surface area contributed by atoms with Gasteiger partial charge in [0.25, 0.3) is 0 Å². The second-order valence-corrected chi connectivity index (χ2v) is 7.37. The van der Waals surface area contributed by atoms with Crippen LogP contribution in [0.3, 0.4) is 0 Å². The second kappa shape index (κ2) is 9.57. The van der Waals surface area contributed by atoms with Crippen LogP contribution in [-0.4, -0.2) is 62.1 Å². The summed E-state index contributed by atoms with van der Waals surface area (Å²) in [5, 5.41) is 7.01. The highest BCUT2D eigenvalue weighted by molar-refractivity contribution is 7.98. The average molecular weight is 313 g/mol. The van der Waals surface area contributed by atoms with Crippen LogP contribution in [0.25, 0.3) is 0 Å². The molecule has 0 aromatic rings. The van der Waals surface area contributed by atoms with Crippen molar-refractivity contribution in [2.45, 2.75) is 44.6 Å². The average Bonchev–Trinajstić information content (AvgIpc) is 3.15. The monoisotopic (exact) mass is 312 g/mol. The molecule has 1 heterocycles. The number of nitrogens with zero attached hydrogens (tertiary/aromatic N) is 2. The van der Waals surface area contributed by atoms with E-state index in [0.717, 1.165) is 18.4 Å². The van der Waals surface area contributed by atoms with Crippen molar-refractivity contribution < 1.29 is 0 Å². The quantitative estimate of drug-likeness (QED) is 0.429. The lowest BCUT2D eigenvalue weighted by atomic mass is 10.1. The Morgan fingerprint density at radius 3 is 2.81 bits per heavy atom. The van der Waals surface area contributed by atoms with Crippen LogP contribution in [0.2, 0.25) is 0 Å². The molecular weight excluding hydrogens is 280 g/mol. The first-order valence-corrected chi connectivity index (χ1v) is 9.89. The smallest absolute Gasteiger partial charge is 0.191 e. The highest BCUT2D eigenvalue weighted by Crippen LogP contribution is 2.26. The molecule has 0 bridgehead atoms. The van der Waals surface area contributed by atoms with Gasteiger partial charge in [0.1, 0.15) is 0 Å². The molecule has 1 aliphatic carbocycles. The summed E-state index contributed by atoms with van der Waals surface area (Å²) in [6, 6.07) is 0.568. The summed E-state index contributed by atoms with van der Waals surface area (Å²) in [6.45, 7) is 4.76. The van der Waals surface area contributed by atoms with Crippen LogP contribution in [0.1, 0.15) is 38.5 Å². The minimum absolute atomic E-state index is 0.568. The molecule has 122 valence electrons. The highest BCUT2D eigenvalue weighted by atomic mass is 32.2. The summed E-state index contributed by atoms with van der Waals surface area (Å²) in [4.78, 5) is 6.99. The van der Waals surface area contributed by atoms with E-state index < -0.39 is 0 Å². The van der Waals surface area contributed by atoms with Crippen LogP contribution in [0, 0.1) is 5.92 Å². The summed E-state index contributed by atoms with van der Waals surface area (Å²) in [5.41, 5.74) is 0. The second-order valence-electron chi connectivity index (χ2n) is 6.39. The van der Waals surface area contributed by atoms with Crippen molar-refractivity contribution in [2.24, 2.45) is 10.9 Å². The number of hydrogen-bond donors (Lipinski definition) is 2. The molecule has 0 spiro atoms. The van der Waals surface area contributed by atoms with E-state index in [0.29, 0.717) is 6.04 Å². The number of guanidine groups is 1. The van der Waals surface area contributed by atoms with Gasteiger partial charge in [0.2, 0.25) is 0 Å². The van der Waals surface area contributed by atoms with Crippen LogP contribution in [0.4, 0.5) is 0 Å². The van der Waals surface area contributed by atoms with Gasteiger partial charge in [-0.25, -0.2) is 0 Å². The van der Waals surface area contributed by atoms with Crippen LogP contribution in [0.5, 0.6) is 0 Å². The molecule has 1 aliphatic heterocycles. The number of aliphatic imine (C=N–C) groups is 1. The molecule has 1 saturated heterocycles. The molecule has 4 nitrogen and oxygen atoms in total. The predicted octanol–water partition coefficient (Wildman–Crippen LogP) is 2.17. The van der Waals surface area contributed by atoms with Crippen molar-refractivity contribution in [1.29, 1.82) is 0 Å². The largest absolute Gasteiger partial charge is 0.356 e. The van der Waals surface area contributed by atoms with Gasteiger partial charge < -0.3 is 15.5 Å². The number of thioether (sulfide) groups is 1. The third kappa shape index (κ3) is 6.07. The molecule has 21 heavy (non-hydrogen) atoms. The number of likely N-dealkylation sites (tertiary alicyclic amines) is 1. The van der Waals surface area contributed by atoms with Gasteiger partial charge in [-0.15, -0.1) is 0 Å². The van der Waals surface area contributed by atoms with Crippen molar-refractivity contribution in [3.8, 4) is 0 Å². The number of rotatable bonds is 7. The summed E-state index contributed by atoms with van der Waals surface area (Å²) >= 11 is 1.90. The van der Waals surface area contributed by atoms with E-state index >= 15 is 0 Å². The molecule has 2 fully saturated rings. The van der Waals surface area contributed by atoms with Gasteiger partial charge in [-0.2, -0.15) is 11.8 Å². The molecule has 0 aromatic carbocycles. The fraction of sp³-hybridized carbons (Fsp3) is 0.938. The van der Waals surface area contributed by atoms with Crippen molar-refractivity contribution in [1.82, 2.24) is 15.5 Å². The summed E-state index contributed by atoms with van der Waals surface area (Å²) < 4.78 is 0. The first kappa shape index (κ1) is 16.9. The molecule has 0 amide bonds. The fourth-order valence-corrected chi connectivity index (χ4v) is 3.92. The highest BCUT2D eigenvalue weighted by Gasteiger charge is 2.26. The standard InChI is InChI=1S/C16H32N4S/c1-17-16(18-9-5-11-21-2)19-15-8-10-20(13-15)12-14-6-3-4-7-14/h14-15H,3-13H2,1-2H3,(H2,17,18,19). The van der Waals surface area contributed by atoms with E-state index in [1.54, 1.807) is 0 Å². The fourth-order valence-electron chi connectivity index (χ4n) is 3.49. The van der Waals surface area contributed by atoms with Gasteiger partial charge in [-0.3, -0.25) is 4.99 Å². The zero-order chi connectivity index (χ0) is 14.9. The van der Waals surface area contributed by atoms with E-state index in [9.17, 15) is 0 Å². The predicted molar refractivity (Wildman–Crippen MR) is 94.3 cm³/mol. The molecule has 1 saturated carbocycles. The molecule has 2 aliphatic rings. The van der Waals surface area contributed by atoms with Gasteiger partial charge >= 0.3 is 0 Å². The third-order valence-corrected chi connectivity index (χ3v) is 5.34. The van der Waals surface area contributed by atoms with Gasteiger partial charge in [-0.05, 0) is 43.6 Å². The Labute approximate surface area is 134 Å². The van der Waals surface area contributed by atoms with E-state index in [1.165, 1.54) is 63.9 Å². The van der Waals surface area contributed by atoms with Gasteiger partial charge in [0.15, 0.2) is 5.96 Å². The molecule has 0 aromatic heterocycles. The van der Waals surface area contributed by atoms with Gasteiger partial charge in [-0.1, -0.05) is 12.8 Å². The Morgan fingerprint density at radius 1 is 1.29 bits per heavy atom. The zero-order valence-corrected chi connectivity index (χ0v) is 14.6. The maximum absolute atomic E-state index is 4.35. The van der Waals surface area contributed by atoms with E-state index in [1.807, 2.05) is 18.8 Å². The SMILES string of the molecule is CN=C(NCCCSC)NC1CCN(CC2CCCC2)C1. The lowest BCUT2D eigenvalue weighted by Gasteiger charge is -2.21. The molecule has 0 radical (unpaired) electrons. The molecule has 2 rings (SSSR count). The van der Waals surface area contributed by atoms with Gasteiger partial charge in [0, 0.05) is 39.3 Å². The molecule has 1 atom stereocenters. The van der Waals surface area contributed by atoms with E-state index in [4.69, 9.17) is 0 Å². The summed E-state index contributed by atoms with van der Waals surface area (Å²) in [7, 11) is 1.87. The maximum atomic E-state index is 4.35. The summed E-state index contributed by atoms with van der Waals surface area (Å²) in [6.07, 6.45) is 10.4. The number of nitrogens with one attached hydrogen (secondary N) is 2. The van der Waals surface area contributed by atoms with Crippen LogP contribution >= 0.6 is 11.8 Å². The Kier molecular flexibility index (Phi) is 7.72. The van der Waals surface area contributed by atoms with Crippen molar-refractivity contribution >= 4 is 17.7 Å². The first-order chi connectivity index (χ1) is 10.3. The minimum atomic E-state index is 0.568. The first-order valence-electron chi connectivity index (χ1n) is 8.50. The lowest BCUT2D eigenvalue weighted by Crippen LogP contribution is -2.45. The van der Waals surface area contributed by atoms with Crippen molar-refractivity contribution in [3.05, 3.63) is 0 Å². The van der Waals surface area contributed by atoms with E-state index in [-0.39, 0.29) is 0 Å². The number of hydrogen-bond acceptors (Lipinski definition) is 3. The molecule has 1 unspecified atom stereocenters. The van der Waals surface area contributed by atoms with Crippen LogP contribution < -0.4 is 10.6 Å². The van der Waals surface area contributed by atoms with Crippen molar-refractivity contribution in [2.75, 3.05) is 45.2 Å². The summed E-state index contributed by atoms with van der Waals surface area (Å²) in [5.74, 6) is 3.15. The Morgan fingerprint density at radius 2 is 2.10 bits per heavy atom. The van der Waals surface area contributed by atoms with Crippen molar-refractivity contribution in [3.63, 3.8) is 0 Å². The maximum Gasteiger partial charge on any atom is 0.191 e. The molecule has 2 N–H and O–H groups in total. The molecule has 5 heteroatoms. The van der Waals surface area contributed by atoms with Crippen LogP contribution in [0.15, 0.2) is 4.99 Å². The minimum Gasteiger partial charge on any atom is -0.356 e. The topological polar surface area (TPSA) is 39.7 Å². The lowest BCUT2D eigenvalue weighted by molar-refractivity contribution is 0.275. The Balaban J connectivity index is 1.63. The molecular formula is C16H32N4S. The van der Waals surface area contributed by atoms with Gasteiger partial charge in [0.05, 0.1) is 0 Å². The Hall–Kier alpha value is -0.420. The normalized spacial score (nSPS) is 24.7. The van der Waals surface area contributed by atoms with Crippen LogP contribution in [-0.2, 0) is 0 Å². The van der Waals surface area contributed by atoms with E-state index in [2.05, 4.69) is 26.8 Å². The third-order valence-electron chi connectivity index (χ3n) is 4.65.